The number of aromatic nitrogens is 3. The van der Waals surface area contributed by atoms with Crippen LogP contribution in [0.3, 0.4) is 0 Å². The Morgan fingerprint density at radius 2 is 1.89 bits per heavy atom. The number of benzene rings is 1. The fraction of sp³-hybridized carbons (Fsp3) is 0.464. The standard InChI is InChI=1S/C26H32N6O3S.C2H6/c1-26(2)16-31(11-12-36(3,34)35)14-18-13-19(6-7-21(18)26)30-24-20-8-10-32(15-22(20)28-17-29-24)25-23(33)5-4-9-27-25;1-2/h4-7,9,13,17,33H,8,10-12,14-16H2,1-3H3,(H,28,29,30);1-2H3. The highest BCUT2D eigenvalue weighted by Crippen LogP contribution is 2.36. The molecule has 2 N–H and O–H groups in total. The Bertz CT molecular complexity index is 1390. The van der Waals surface area contributed by atoms with Gasteiger partial charge >= 0.3 is 0 Å². The summed E-state index contributed by atoms with van der Waals surface area (Å²) < 4.78 is 23.4. The van der Waals surface area contributed by atoms with Gasteiger partial charge in [0.2, 0.25) is 0 Å². The number of hydrogen-bond donors (Lipinski definition) is 2. The number of anilines is 3. The van der Waals surface area contributed by atoms with Gasteiger partial charge in [0, 0.05) is 55.3 Å². The van der Waals surface area contributed by atoms with Gasteiger partial charge in [0.15, 0.2) is 11.6 Å². The van der Waals surface area contributed by atoms with E-state index in [2.05, 4.69) is 57.2 Å². The molecule has 1 aromatic carbocycles. The maximum absolute atomic E-state index is 11.7. The van der Waals surface area contributed by atoms with Gasteiger partial charge in [-0.25, -0.2) is 23.4 Å². The highest BCUT2D eigenvalue weighted by molar-refractivity contribution is 7.90. The molecule has 0 radical (unpaired) electrons. The second-order valence-electron chi connectivity index (χ2n) is 10.4. The van der Waals surface area contributed by atoms with Gasteiger partial charge < -0.3 is 15.3 Å². The van der Waals surface area contributed by atoms with Crippen LogP contribution in [-0.2, 0) is 34.8 Å². The van der Waals surface area contributed by atoms with Gasteiger partial charge in [-0.3, -0.25) is 4.90 Å². The lowest BCUT2D eigenvalue weighted by Gasteiger charge is -2.40. The SMILES string of the molecule is CC.CC1(C)CN(CCS(C)(=O)=O)Cc2cc(Nc3ncnc4c3CCN(c3ncccc3O)C4)ccc21. The third kappa shape index (κ3) is 6.24. The van der Waals surface area contributed by atoms with Crippen LogP contribution in [0.2, 0.25) is 0 Å². The molecule has 10 heteroatoms. The van der Waals surface area contributed by atoms with Gasteiger partial charge in [-0.2, -0.15) is 0 Å². The lowest BCUT2D eigenvalue weighted by Crippen LogP contribution is -2.43. The summed E-state index contributed by atoms with van der Waals surface area (Å²) in [6.07, 6.45) is 5.26. The van der Waals surface area contributed by atoms with Crippen LogP contribution in [0, 0.1) is 0 Å². The van der Waals surface area contributed by atoms with Crippen LogP contribution < -0.4 is 10.2 Å². The highest BCUT2D eigenvalue weighted by atomic mass is 32.2. The molecular formula is C28H38N6O3S. The first kappa shape index (κ1) is 27.8. The monoisotopic (exact) mass is 538 g/mol. The largest absolute Gasteiger partial charge is 0.504 e. The quantitative estimate of drug-likeness (QED) is 0.480. The Balaban J connectivity index is 0.00000164. The van der Waals surface area contributed by atoms with E-state index >= 15 is 0 Å². The van der Waals surface area contributed by atoms with Gasteiger partial charge in [-0.05, 0) is 41.8 Å². The normalized spacial score (nSPS) is 16.6. The van der Waals surface area contributed by atoms with Crippen LogP contribution in [0.1, 0.15) is 50.1 Å². The first-order chi connectivity index (χ1) is 18.1. The maximum atomic E-state index is 11.7. The number of aromatic hydroxyl groups is 1. The zero-order valence-electron chi connectivity index (χ0n) is 22.9. The molecular weight excluding hydrogens is 500 g/mol. The second kappa shape index (κ2) is 11.2. The van der Waals surface area contributed by atoms with Crippen LogP contribution in [-0.4, -0.2) is 65.0 Å². The number of sulfone groups is 1. The van der Waals surface area contributed by atoms with E-state index in [0.717, 1.165) is 35.7 Å². The van der Waals surface area contributed by atoms with Gasteiger partial charge in [0.1, 0.15) is 22.0 Å². The van der Waals surface area contributed by atoms with E-state index in [0.29, 0.717) is 32.0 Å². The predicted octanol–water partition coefficient (Wildman–Crippen LogP) is 4.05. The average Bonchev–Trinajstić information content (AvgIpc) is 2.88. The lowest BCUT2D eigenvalue weighted by molar-refractivity contribution is 0.204. The second-order valence-corrected chi connectivity index (χ2v) is 12.6. The first-order valence-electron chi connectivity index (χ1n) is 13.1. The third-order valence-corrected chi connectivity index (χ3v) is 7.88. The van der Waals surface area contributed by atoms with Crippen LogP contribution in [0.15, 0.2) is 42.9 Å². The Labute approximate surface area is 225 Å². The van der Waals surface area contributed by atoms with Crippen molar-refractivity contribution < 1.29 is 13.5 Å². The number of rotatable bonds is 6. The molecule has 204 valence electrons. The van der Waals surface area contributed by atoms with Crippen molar-refractivity contribution >= 4 is 27.2 Å². The summed E-state index contributed by atoms with van der Waals surface area (Å²) in [6, 6.07) is 9.77. The summed E-state index contributed by atoms with van der Waals surface area (Å²) in [4.78, 5) is 17.6. The fourth-order valence-electron chi connectivity index (χ4n) is 5.27. The molecule has 0 spiro atoms. The van der Waals surface area contributed by atoms with E-state index in [-0.39, 0.29) is 16.9 Å². The van der Waals surface area contributed by atoms with Crippen molar-refractivity contribution in [2.45, 2.75) is 52.6 Å². The number of nitrogens with zero attached hydrogens (tertiary/aromatic N) is 5. The Morgan fingerprint density at radius 1 is 1.11 bits per heavy atom. The molecule has 4 heterocycles. The molecule has 2 aliphatic heterocycles. The molecule has 0 saturated carbocycles. The third-order valence-electron chi connectivity index (χ3n) is 6.96. The Hall–Kier alpha value is -3.24. The first-order valence-corrected chi connectivity index (χ1v) is 15.2. The van der Waals surface area contributed by atoms with E-state index in [9.17, 15) is 13.5 Å². The number of pyridine rings is 1. The van der Waals surface area contributed by atoms with Crippen molar-refractivity contribution in [2.75, 3.05) is 41.9 Å². The summed E-state index contributed by atoms with van der Waals surface area (Å²) in [5.74, 6) is 1.68. The Kier molecular flexibility index (Phi) is 8.22. The summed E-state index contributed by atoms with van der Waals surface area (Å²) >= 11 is 0. The molecule has 0 fully saturated rings. The minimum Gasteiger partial charge on any atom is -0.504 e. The topological polar surface area (TPSA) is 112 Å². The molecule has 0 unspecified atom stereocenters. The van der Waals surface area contributed by atoms with E-state index < -0.39 is 9.84 Å². The van der Waals surface area contributed by atoms with Gasteiger partial charge in [0.25, 0.3) is 0 Å². The molecule has 2 aromatic heterocycles. The van der Waals surface area contributed by atoms with Crippen molar-refractivity contribution in [3.8, 4) is 5.75 Å². The molecule has 9 nitrogen and oxygen atoms in total. The van der Waals surface area contributed by atoms with E-state index in [4.69, 9.17) is 0 Å². The van der Waals surface area contributed by atoms with Crippen molar-refractivity contribution in [3.63, 3.8) is 0 Å². The Morgan fingerprint density at radius 3 is 2.63 bits per heavy atom. The molecule has 3 aromatic rings. The van der Waals surface area contributed by atoms with E-state index in [1.807, 2.05) is 18.7 Å². The van der Waals surface area contributed by atoms with E-state index in [1.54, 1.807) is 24.7 Å². The maximum Gasteiger partial charge on any atom is 0.171 e. The van der Waals surface area contributed by atoms with Crippen LogP contribution in [0.4, 0.5) is 17.3 Å². The van der Waals surface area contributed by atoms with Gasteiger partial charge in [-0.15, -0.1) is 0 Å². The molecule has 0 saturated heterocycles. The van der Waals surface area contributed by atoms with Crippen LogP contribution >= 0.6 is 0 Å². The molecule has 2 aliphatic rings. The lowest BCUT2D eigenvalue weighted by atomic mass is 9.78. The summed E-state index contributed by atoms with van der Waals surface area (Å²) in [6.45, 7) is 11.7. The minimum absolute atomic E-state index is 0.0712. The van der Waals surface area contributed by atoms with Gasteiger partial charge in [0.05, 0.1) is 18.0 Å². The fourth-order valence-corrected chi connectivity index (χ4v) is 5.86. The molecule has 5 rings (SSSR count). The van der Waals surface area contributed by atoms with Crippen molar-refractivity contribution in [1.82, 2.24) is 19.9 Å². The number of nitrogens with one attached hydrogen (secondary N) is 1. The van der Waals surface area contributed by atoms with Crippen molar-refractivity contribution in [2.24, 2.45) is 0 Å². The van der Waals surface area contributed by atoms with Crippen molar-refractivity contribution in [1.29, 1.82) is 0 Å². The molecule has 0 atom stereocenters. The zero-order valence-corrected chi connectivity index (χ0v) is 23.7. The highest BCUT2D eigenvalue weighted by Gasteiger charge is 2.32. The minimum atomic E-state index is -3.01. The van der Waals surface area contributed by atoms with Crippen LogP contribution in [0.25, 0.3) is 0 Å². The molecule has 0 bridgehead atoms. The summed E-state index contributed by atoms with van der Waals surface area (Å²) in [7, 11) is -3.01. The summed E-state index contributed by atoms with van der Waals surface area (Å²) in [5.41, 5.74) is 5.34. The van der Waals surface area contributed by atoms with E-state index in [1.165, 1.54) is 17.4 Å². The predicted molar refractivity (Wildman–Crippen MR) is 152 cm³/mol. The molecule has 38 heavy (non-hydrogen) atoms. The number of hydrogen-bond acceptors (Lipinski definition) is 9. The number of fused-ring (bicyclic) bond motifs is 2. The van der Waals surface area contributed by atoms with Crippen LogP contribution in [0.5, 0.6) is 5.75 Å². The van der Waals surface area contributed by atoms with Crippen molar-refractivity contribution in [3.05, 3.63) is 65.2 Å². The molecule has 0 aliphatic carbocycles. The smallest absolute Gasteiger partial charge is 0.171 e. The molecule has 0 amide bonds. The average molecular weight is 539 g/mol. The zero-order chi connectivity index (χ0) is 27.5. The summed E-state index contributed by atoms with van der Waals surface area (Å²) in [5, 5.41) is 13.7. The van der Waals surface area contributed by atoms with Gasteiger partial charge in [-0.1, -0.05) is 33.8 Å².